The molecular formula is C13H12ClN7O. The predicted octanol–water partition coefficient (Wildman–Crippen LogP) is 1.84. The van der Waals surface area contributed by atoms with Gasteiger partial charge in [-0.3, -0.25) is 9.78 Å². The summed E-state index contributed by atoms with van der Waals surface area (Å²) in [6.07, 6.45) is 5.01. The molecule has 0 fully saturated rings. The van der Waals surface area contributed by atoms with Gasteiger partial charge in [-0.1, -0.05) is 0 Å². The van der Waals surface area contributed by atoms with Crippen LogP contribution in [0, 0.1) is 0 Å². The molecule has 8 nitrogen and oxygen atoms in total. The number of imidazole rings is 1. The summed E-state index contributed by atoms with van der Waals surface area (Å²) in [4.78, 5) is 30.8. The molecule has 0 bridgehead atoms. The van der Waals surface area contributed by atoms with Gasteiger partial charge in [-0.15, -0.1) is 0 Å². The van der Waals surface area contributed by atoms with Crippen molar-refractivity contribution < 1.29 is 4.79 Å². The molecule has 0 aliphatic rings. The van der Waals surface area contributed by atoms with E-state index in [1.54, 1.807) is 24.5 Å². The number of H-pyrrole nitrogens is 1. The Morgan fingerprint density at radius 1 is 1.36 bits per heavy atom. The minimum Gasteiger partial charge on any atom is -0.368 e. The number of nitrogens with zero attached hydrogens (tertiary/aromatic N) is 4. The summed E-state index contributed by atoms with van der Waals surface area (Å²) in [7, 11) is 0. The van der Waals surface area contributed by atoms with E-state index in [9.17, 15) is 4.79 Å². The number of halogens is 1. The van der Waals surface area contributed by atoms with Crippen LogP contribution in [-0.2, 0) is 4.79 Å². The second-order valence-electron chi connectivity index (χ2n) is 4.41. The number of carbonyl (C=O) groups is 1. The van der Waals surface area contributed by atoms with Crippen molar-refractivity contribution >= 4 is 40.2 Å². The summed E-state index contributed by atoms with van der Waals surface area (Å²) < 4.78 is 0. The minimum atomic E-state index is -0.124. The number of pyridine rings is 1. The molecule has 0 unspecified atom stereocenters. The molecule has 0 saturated heterocycles. The molecular weight excluding hydrogens is 306 g/mol. The number of nitrogens with one attached hydrogen (secondary N) is 3. The SMILES string of the molecule is O=C(CCNc1nc(Cl)nc2nc[nH]c12)Nc1cccnc1. The lowest BCUT2D eigenvalue weighted by atomic mass is 10.3. The molecule has 112 valence electrons. The van der Waals surface area contributed by atoms with E-state index >= 15 is 0 Å². The summed E-state index contributed by atoms with van der Waals surface area (Å²) in [5, 5.41) is 5.90. The monoisotopic (exact) mass is 317 g/mol. The van der Waals surface area contributed by atoms with E-state index in [1.807, 2.05) is 0 Å². The molecule has 0 aliphatic heterocycles. The highest BCUT2D eigenvalue weighted by Crippen LogP contribution is 2.18. The summed E-state index contributed by atoms with van der Waals surface area (Å²) in [5.41, 5.74) is 1.79. The fourth-order valence-electron chi connectivity index (χ4n) is 1.89. The van der Waals surface area contributed by atoms with Gasteiger partial charge in [0.05, 0.1) is 18.2 Å². The zero-order chi connectivity index (χ0) is 15.4. The van der Waals surface area contributed by atoms with Crippen LogP contribution >= 0.6 is 11.6 Å². The molecule has 0 saturated carbocycles. The molecule has 3 rings (SSSR count). The molecule has 9 heteroatoms. The smallest absolute Gasteiger partial charge is 0.226 e. The van der Waals surface area contributed by atoms with Crippen molar-refractivity contribution in [2.24, 2.45) is 0 Å². The van der Waals surface area contributed by atoms with Crippen molar-refractivity contribution in [1.82, 2.24) is 24.9 Å². The second-order valence-corrected chi connectivity index (χ2v) is 4.75. The van der Waals surface area contributed by atoms with Gasteiger partial charge < -0.3 is 15.6 Å². The summed E-state index contributed by atoms with van der Waals surface area (Å²) in [6.45, 7) is 0.396. The van der Waals surface area contributed by atoms with Crippen LogP contribution in [0.2, 0.25) is 5.28 Å². The lowest BCUT2D eigenvalue weighted by Gasteiger charge is -2.07. The van der Waals surface area contributed by atoms with Crippen LogP contribution in [0.25, 0.3) is 11.2 Å². The number of rotatable bonds is 5. The van der Waals surface area contributed by atoms with Crippen molar-refractivity contribution in [3.63, 3.8) is 0 Å². The van der Waals surface area contributed by atoms with Crippen molar-refractivity contribution in [1.29, 1.82) is 0 Å². The van der Waals surface area contributed by atoms with Gasteiger partial charge in [0, 0.05) is 19.2 Å². The number of aromatic amines is 1. The highest BCUT2D eigenvalue weighted by molar-refractivity contribution is 6.28. The summed E-state index contributed by atoms with van der Waals surface area (Å²) in [6, 6.07) is 3.53. The molecule has 1 amide bonds. The van der Waals surface area contributed by atoms with Crippen LogP contribution < -0.4 is 10.6 Å². The highest BCUT2D eigenvalue weighted by atomic mass is 35.5. The average molecular weight is 318 g/mol. The van der Waals surface area contributed by atoms with Crippen LogP contribution in [-0.4, -0.2) is 37.4 Å². The standard InChI is InChI=1S/C13H12ClN7O/c14-13-20-11(10-12(21-13)18-7-17-10)16-5-3-9(22)19-8-2-1-4-15-6-8/h1-2,4,6-7H,3,5H2,(H,19,22)(H2,16,17,18,20,21). The second kappa shape index (κ2) is 6.35. The van der Waals surface area contributed by atoms with Crippen molar-refractivity contribution in [3.05, 3.63) is 36.1 Å². The van der Waals surface area contributed by atoms with Gasteiger partial charge in [0.1, 0.15) is 5.52 Å². The van der Waals surface area contributed by atoms with E-state index in [-0.39, 0.29) is 17.6 Å². The summed E-state index contributed by atoms with van der Waals surface area (Å²) in [5.74, 6) is 0.392. The zero-order valence-electron chi connectivity index (χ0n) is 11.4. The van der Waals surface area contributed by atoms with Crippen LogP contribution in [0.15, 0.2) is 30.9 Å². The number of hydrogen-bond donors (Lipinski definition) is 3. The van der Waals surface area contributed by atoms with E-state index in [2.05, 4.69) is 35.6 Å². The molecule has 3 heterocycles. The molecule has 22 heavy (non-hydrogen) atoms. The van der Waals surface area contributed by atoms with Crippen molar-refractivity contribution in [2.75, 3.05) is 17.2 Å². The fourth-order valence-corrected chi connectivity index (χ4v) is 2.05. The van der Waals surface area contributed by atoms with Crippen LogP contribution in [0.5, 0.6) is 0 Å². The maximum atomic E-state index is 11.8. The fraction of sp³-hybridized carbons (Fsp3) is 0.154. The number of anilines is 2. The quantitative estimate of drug-likeness (QED) is 0.620. The Morgan fingerprint density at radius 2 is 2.27 bits per heavy atom. The van der Waals surface area contributed by atoms with Gasteiger partial charge in [-0.2, -0.15) is 9.97 Å². The van der Waals surface area contributed by atoms with Gasteiger partial charge in [-0.05, 0) is 23.7 Å². The third kappa shape index (κ3) is 3.29. The highest BCUT2D eigenvalue weighted by Gasteiger charge is 2.09. The van der Waals surface area contributed by atoms with Crippen molar-refractivity contribution in [3.8, 4) is 0 Å². The zero-order valence-corrected chi connectivity index (χ0v) is 12.1. The van der Waals surface area contributed by atoms with E-state index in [4.69, 9.17) is 11.6 Å². The Balaban J connectivity index is 1.58. The number of aromatic nitrogens is 5. The maximum absolute atomic E-state index is 11.8. The molecule has 0 aliphatic carbocycles. The first-order chi connectivity index (χ1) is 10.7. The van der Waals surface area contributed by atoms with Gasteiger partial charge in [0.25, 0.3) is 0 Å². The molecule has 0 spiro atoms. The number of fused-ring (bicyclic) bond motifs is 1. The topological polar surface area (TPSA) is 108 Å². The molecule has 3 N–H and O–H groups in total. The van der Waals surface area contributed by atoms with Gasteiger partial charge in [0.15, 0.2) is 11.5 Å². The Labute approximate surface area is 130 Å². The lowest BCUT2D eigenvalue weighted by Crippen LogP contribution is -2.16. The molecule has 3 aromatic heterocycles. The van der Waals surface area contributed by atoms with Gasteiger partial charge in [0.2, 0.25) is 11.2 Å². The first-order valence-electron chi connectivity index (χ1n) is 6.53. The van der Waals surface area contributed by atoms with Crippen LogP contribution in [0.1, 0.15) is 6.42 Å². The first kappa shape index (κ1) is 14.2. The minimum absolute atomic E-state index is 0.0990. The van der Waals surface area contributed by atoms with Gasteiger partial charge in [-0.25, -0.2) is 4.98 Å². The Kier molecular flexibility index (Phi) is 4.10. The predicted molar refractivity (Wildman–Crippen MR) is 82.7 cm³/mol. The van der Waals surface area contributed by atoms with E-state index in [0.29, 0.717) is 29.2 Å². The van der Waals surface area contributed by atoms with E-state index < -0.39 is 0 Å². The van der Waals surface area contributed by atoms with E-state index in [0.717, 1.165) is 0 Å². The van der Waals surface area contributed by atoms with Crippen LogP contribution in [0.3, 0.4) is 0 Å². The van der Waals surface area contributed by atoms with Crippen LogP contribution in [0.4, 0.5) is 11.5 Å². The third-order valence-electron chi connectivity index (χ3n) is 2.85. The normalized spacial score (nSPS) is 10.6. The molecule has 0 atom stereocenters. The lowest BCUT2D eigenvalue weighted by molar-refractivity contribution is -0.115. The first-order valence-corrected chi connectivity index (χ1v) is 6.90. The Morgan fingerprint density at radius 3 is 3.09 bits per heavy atom. The van der Waals surface area contributed by atoms with E-state index in [1.165, 1.54) is 6.33 Å². The van der Waals surface area contributed by atoms with Crippen molar-refractivity contribution in [2.45, 2.75) is 6.42 Å². The number of hydrogen-bond acceptors (Lipinski definition) is 6. The van der Waals surface area contributed by atoms with Gasteiger partial charge >= 0.3 is 0 Å². The number of carbonyl (C=O) groups excluding carboxylic acids is 1. The molecule has 0 aromatic carbocycles. The summed E-state index contributed by atoms with van der Waals surface area (Å²) >= 11 is 5.83. The largest absolute Gasteiger partial charge is 0.368 e. The molecule has 0 radical (unpaired) electrons. The Bertz CT molecular complexity index is 789. The Hall–Kier alpha value is -2.74. The maximum Gasteiger partial charge on any atom is 0.226 e. The average Bonchev–Trinajstić information content (AvgIpc) is 2.96. The molecule has 3 aromatic rings. The third-order valence-corrected chi connectivity index (χ3v) is 3.02. The number of amides is 1.